The summed E-state index contributed by atoms with van der Waals surface area (Å²) in [7, 11) is 0. The second kappa shape index (κ2) is 7.86. The van der Waals surface area contributed by atoms with E-state index in [9.17, 15) is 4.79 Å². The molecule has 0 saturated carbocycles. The van der Waals surface area contributed by atoms with Crippen LogP contribution in [0.3, 0.4) is 0 Å². The van der Waals surface area contributed by atoms with Gasteiger partial charge in [-0.15, -0.1) is 0 Å². The van der Waals surface area contributed by atoms with E-state index in [0.29, 0.717) is 28.0 Å². The third-order valence-electron chi connectivity index (χ3n) is 6.38. The molecule has 5 heteroatoms. The van der Waals surface area contributed by atoms with Gasteiger partial charge in [-0.05, 0) is 55.7 Å². The van der Waals surface area contributed by atoms with Gasteiger partial charge in [-0.25, -0.2) is 4.79 Å². The molecule has 2 aliphatic rings. The number of hydrogen-bond acceptors (Lipinski definition) is 4. The highest BCUT2D eigenvalue weighted by atomic mass is 35.5. The molecule has 1 unspecified atom stereocenters. The molecule has 0 saturated heterocycles. The number of halogens is 1. The highest BCUT2D eigenvalue weighted by Crippen LogP contribution is 2.56. The average molecular weight is 448 g/mol. The Bertz CT molecular complexity index is 1210. The molecule has 2 heterocycles. The third kappa shape index (κ3) is 3.17. The lowest BCUT2D eigenvalue weighted by molar-refractivity contribution is 0.0224. The van der Waals surface area contributed by atoms with E-state index >= 15 is 0 Å². The van der Waals surface area contributed by atoms with E-state index in [1.54, 1.807) is 6.07 Å². The second-order valence-corrected chi connectivity index (χ2v) is 9.24. The summed E-state index contributed by atoms with van der Waals surface area (Å²) in [5.41, 5.74) is 2.97. The van der Waals surface area contributed by atoms with Gasteiger partial charge in [-0.1, -0.05) is 43.6 Å². The van der Waals surface area contributed by atoms with E-state index in [4.69, 9.17) is 21.1 Å². The SMILES string of the molecule is CCN(CCC(C)C)c1ccc2c(c1)Oc1ccc(Cl)cc1C21OC(=O)c2ccccc21. The zero-order valence-corrected chi connectivity index (χ0v) is 19.3. The first-order chi connectivity index (χ1) is 15.4. The first kappa shape index (κ1) is 20.9. The molecule has 164 valence electrons. The van der Waals surface area contributed by atoms with Gasteiger partial charge in [0.25, 0.3) is 0 Å². The second-order valence-electron chi connectivity index (χ2n) is 8.80. The van der Waals surface area contributed by atoms with Crippen LogP contribution in [0.15, 0.2) is 60.7 Å². The Morgan fingerprint density at radius 1 is 0.969 bits per heavy atom. The Morgan fingerprint density at radius 2 is 1.78 bits per heavy atom. The van der Waals surface area contributed by atoms with Crippen LogP contribution in [-0.4, -0.2) is 19.1 Å². The number of benzene rings is 3. The molecule has 2 aliphatic heterocycles. The monoisotopic (exact) mass is 447 g/mol. The van der Waals surface area contributed by atoms with Crippen molar-refractivity contribution < 1.29 is 14.3 Å². The van der Waals surface area contributed by atoms with Crippen molar-refractivity contribution in [2.45, 2.75) is 32.8 Å². The Morgan fingerprint density at radius 3 is 2.56 bits per heavy atom. The summed E-state index contributed by atoms with van der Waals surface area (Å²) >= 11 is 6.37. The molecule has 3 aromatic rings. The number of fused-ring (bicyclic) bond motifs is 6. The summed E-state index contributed by atoms with van der Waals surface area (Å²) in [5.74, 6) is 1.64. The minimum absolute atomic E-state index is 0.337. The van der Waals surface area contributed by atoms with E-state index in [2.05, 4.69) is 37.8 Å². The quantitative estimate of drug-likeness (QED) is 0.404. The molecule has 0 fully saturated rings. The third-order valence-corrected chi connectivity index (χ3v) is 6.62. The Kier molecular flexibility index (Phi) is 5.13. The van der Waals surface area contributed by atoms with Crippen LogP contribution >= 0.6 is 11.6 Å². The molecule has 0 amide bonds. The molecule has 0 radical (unpaired) electrons. The predicted molar refractivity (Wildman–Crippen MR) is 127 cm³/mol. The molecular formula is C27H26ClNO3. The van der Waals surface area contributed by atoms with Crippen molar-refractivity contribution in [3.63, 3.8) is 0 Å². The standard InChI is InChI=1S/C27H26ClNO3/c1-4-29(14-13-17(2)3)19-10-11-22-25(16-19)31-24-12-9-18(28)15-23(24)27(22)21-8-6-5-7-20(21)26(30)32-27/h5-12,15-17H,4,13-14H2,1-3H3. The van der Waals surface area contributed by atoms with Gasteiger partial charge >= 0.3 is 5.97 Å². The van der Waals surface area contributed by atoms with Crippen molar-refractivity contribution in [2.75, 3.05) is 18.0 Å². The fourth-order valence-electron chi connectivity index (χ4n) is 4.71. The molecule has 1 spiro atoms. The minimum atomic E-state index is -1.07. The number of anilines is 1. The van der Waals surface area contributed by atoms with Crippen molar-refractivity contribution in [1.29, 1.82) is 0 Å². The zero-order valence-electron chi connectivity index (χ0n) is 18.5. The molecule has 0 aliphatic carbocycles. The zero-order chi connectivity index (χ0) is 22.5. The van der Waals surface area contributed by atoms with Gasteiger partial charge < -0.3 is 14.4 Å². The molecule has 1 atom stereocenters. The summed E-state index contributed by atoms with van der Waals surface area (Å²) < 4.78 is 12.5. The molecule has 32 heavy (non-hydrogen) atoms. The van der Waals surface area contributed by atoms with Crippen molar-refractivity contribution in [1.82, 2.24) is 0 Å². The van der Waals surface area contributed by atoms with Gasteiger partial charge in [-0.2, -0.15) is 0 Å². The van der Waals surface area contributed by atoms with Crippen LogP contribution in [0.4, 0.5) is 5.69 Å². The van der Waals surface area contributed by atoms with Crippen LogP contribution in [0.25, 0.3) is 0 Å². The number of rotatable bonds is 5. The predicted octanol–water partition coefficient (Wildman–Crippen LogP) is 6.78. The fraction of sp³-hybridized carbons (Fsp3) is 0.296. The first-order valence-electron chi connectivity index (χ1n) is 11.1. The Labute approximate surface area is 193 Å². The van der Waals surface area contributed by atoms with Crippen molar-refractivity contribution in [3.05, 3.63) is 87.9 Å². The molecule has 0 N–H and O–H groups in total. The average Bonchev–Trinajstić information content (AvgIpc) is 3.08. The van der Waals surface area contributed by atoms with Crippen molar-refractivity contribution in [3.8, 4) is 11.5 Å². The largest absolute Gasteiger partial charge is 0.456 e. The lowest BCUT2D eigenvalue weighted by atomic mass is 9.77. The van der Waals surface area contributed by atoms with E-state index in [1.807, 2.05) is 42.5 Å². The van der Waals surface area contributed by atoms with Crippen LogP contribution in [0.1, 0.15) is 54.2 Å². The maximum absolute atomic E-state index is 12.9. The fourth-order valence-corrected chi connectivity index (χ4v) is 4.89. The lowest BCUT2D eigenvalue weighted by Crippen LogP contribution is -2.33. The molecule has 4 nitrogen and oxygen atoms in total. The summed E-state index contributed by atoms with van der Waals surface area (Å²) in [5, 5.41) is 0.568. The van der Waals surface area contributed by atoms with Gasteiger partial charge in [-0.3, -0.25) is 0 Å². The topological polar surface area (TPSA) is 38.8 Å². The molecule has 5 rings (SSSR count). The number of ether oxygens (including phenoxy) is 2. The van der Waals surface area contributed by atoms with Gasteiger partial charge in [0.1, 0.15) is 11.5 Å². The maximum atomic E-state index is 12.9. The van der Waals surface area contributed by atoms with Crippen LogP contribution in [-0.2, 0) is 10.3 Å². The number of esters is 1. The summed E-state index contributed by atoms with van der Waals surface area (Å²) in [6.45, 7) is 8.51. The first-order valence-corrected chi connectivity index (χ1v) is 11.5. The van der Waals surface area contributed by atoms with Gasteiger partial charge in [0, 0.05) is 46.6 Å². The number of carbonyl (C=O) groups excluding carboxylic acids is 1. The van der Waals surface area contributed by atoms with E-state index in [0.717, 1.165) is 41.9 Å². The van der Waals surface area contributed by atoms with Crippen LogP contribution in [0.5, 0.6) is 11.5 Å². The van der Waals surface area contributed by atoms with Crippen LogP contribution in [0, 0.1) is 5.92 Å². The maximum Gasteiger partial charge on any atom is 0.340 e. The van der Waals surface area contributed by atoms with E-state index in [1.165, 1.54) is 0 Å². The van der Waals surface area contributed by atoms with Gasteiger partial charge in [0.15, 0.2) is 5.60 Å². The molecule has 0 bridgehead atoms. The molecule has 0 aromatic heterocycles. The molecule has 3 aromatic carbocycles. The highest BCUT2D eigenvalue weighted by Gasteiger charge is 2.53. The Hall–Kier alpha value is -2.98. The number of carbonyl (C=O) groups is 1. The van der Waals surface area contributed by atoms with Crippen LogP contribution < -0.4 is 9.64 Å². The number of nitrogens with zero attached hydrogens (tertiary/aromatic N) is 1. The van der Waals surface area contributed by atoms with Crippen molar-refractivity contribution in [2.24, 2.45) is 5.92 Å². The number of hydrogen-bond donors (Lipinski definition) is 0. The lowest BCUT2D eigenvalue weighted by Gasteiger charge is -2.37. The normalized spacial score (nSPS) is 18.1. The van der Waals surface area contributed by atoms with E-state index < -0.39 is 5.60 Å². The summed E-state index contributed by atoms with van der Waals surface area (Å²) in [6.07, 6.45) is 1.11. The smallest absolute Gasteiger partial charge is 0.340 e. The summed E-state index contributed by atoms with van der Waals surface area (Å²) in [4.78, 5) is 15.3. The van der Waals surface area contributed by atoms with E-state index in [-0.39, 0.29) is 5.97 Å². The van der Waals surface area contributed by atoms with Gasteiger partial charge in [0.2, 0.25) is 0 Å². The van der Waals surface area contributed by atoms with Gasteiger partial charge in [0.05, 0.1) is 5.56 Å². The van der Waals surface area contributed by atoms with Crippen LogP contribution in [0.2, 0.25) is 5.02 Å². The highest BCUT2D eigenvalue weighted by molar-refractivity contribution is 6.30. The van der Waals surface area contributed by atoms with Crippen molar-refractivity contribution >= 4 is 23.3 Å². The minimum Gasteiger partial charge on any atom is -0.456 e. The Balaban J connectivity index is 1.69. The molecular weight excluding hydrogens is 422 g/mol. The summed E-state index contributed by atoms with van der Waals surface area (Å²) in [6, 6.07) is 19.2.